The largest absolute Gasteiger partial charge is 0.505 e. The van der Waals surface area contributed by atoms with Gasteiger partial charge in [-0.1, -0.05) is 30.3 Å². The van der Waals surface area contributed by atoms with Gasteiger partial charge < -0.3 is 15.2 Å². The molecule has 0 aliphatic heterocycles. The van der Waals surface area contributed by atoms with Crippen LogP contribution < -0.4 is 10.5 Å². The minimum atomic E-state index is -3.58. The number of halogens is 1. The average molecular weight is 417 g/mol. The van der Waals surface area contributed by atoms with Crippen molar-refractivity contribution in [1.29, 1.82) is 0 Å². The molecule has 7 nitrogen and oxygen atoms in total. The van der Waals surface area contributed by atoms with Gasteiger partial charge in [0.25, 0.3) is 0 Å². The Labute approximate surface area is 148 Å². The molecule has 24 heavy (non-hydrogen) atoms. The van der Waals surface area contributed by atoms with E-state index in [0.717, 1.165) is 5.69 Å². The Hall–Kier alpha value is -2.10. The summed E-state index contributed by atoms with van der Waals surface area (Å²) >= 11 is 3.07. The molecule has 4 N–H and O–H groups in total. The van der Waals surface area contributed by atoms with E-state index in [1.165, 1.54) is 6.07 Å². The molecule has 2 aromatic rings. The number of carbonyl (C=O) groups is 1. The lowest BCUT2D eigenvalue weighted by atomic mass is 10.3. The summed E-state index contributed by atoms with van der Waals surface area (Å²) in [6, 6.07) is 15.9. The monoisotopic (exact) mass is 416 g/mol. The fourth-order valence-corrected chi connectivity index (χ4v) is 3.13. The van der Waals surface area contributed by atoms with Gasteiger partial charge in [0.2, 0.25) is 10.0 Å². The zero-order valence-electron chi connectivity index (χ0n) is 12.6. The van der Waals surface area contributed by atoms with Gasteiger partial charge in [0.15, 0.2) is 0 Å². The van der Waals surface area contributed by atoms with Gasteiger partial charge >= 0.3 is 6.16 Å². The summed E-state index contributed by atoms with van der Waals surface area (Å²) in [7, 11) is -3.58. The van der Waals surface area contributed by atoms with Gasteiger partial charge in [0.1, 0.15) is 6.61 Å². The van der Waals surface area contributed by atoms with E-state index >= 15 is 0 Å². The van der Waals surface area contributed by atoms with Crippen LogP contribution in [0.3, 0.4) is 0 Å². The standard InChI is InChI=1S/C9H11NO3.C6H6BrNO2S/c11-9(12)13-7-6-10-8-4-2-1-3-5-8;7-5-3-1-2-4-6(5)11(8,9)10/h1-5,10H,6-7H2,(H,11,12);1-4H,(H2,8,9,10). The third-order valence-corrected chi connectivity index (χ3v) is 4.50. The topological polar surface area (TPSA) is 119 Å². The van der Waals surface area contributed by atoms with E-state index in [9.17, 15) is 13.2 Å². The molecule has 0 unspecified atom stereocenters. The molecule has 0 saturated carbocycles. The van der Waals surface area contributed by atoms with Gasteiger partial charge in [0, 0.05) is 16.7 Å². The molecule has 130 valence electrons. The van der Waals surface area contributed by atoms with Crippen molar-refractivity contribution in [1.82, 2.24) is 0 Å². The Morgan fingerprint density at radius 3 is 2.21 bits per heavy atom. The van der Waals surface area contributed by atoms with Crippen molar-refractivity contribution in [2.24, 2.45) is 5.14 Å². The van der Waals surface area contributed by atoms with E-state index < -0.39 is 16.2 Å². The first kappa shape index (κ1) is 19.9. The van der Waals surface area contributed by atoms with Crippen LogP contribution in [0, 0.1) is 0 Å². The number of hydrogen-bond donors (Lipinski definition) is 3. The summed E-state index contributed by atoms with van der Waals surface area (Å²) < 4.78 is 26.4. The van der Waals surface area contributed by atoms with Crippen molar-refractivity contribution in [3.8, 4) is 0 Å². The zero-order valence-corrected chi connectivity index (χ0v) is 15.0. The Bertz CT molecular complexity index is 753. The summed E-state index contributed by atoms with van der Waals surface area (Å²) in [6.07, 6.45) is -1.24. The highest BCUT2D eigenvalue weighted by Crippen LogP contribution is 2.19. The highest BCUT2D eigenvalue weighted by atomic mass is 79.9. The lowest BCUT2D eigenvalue weighted by Gasteiger charge is -2.04. The van der Waals surface area contributed by atoms with Crippen LogP contribution in [0.15, 0.2) is 64.0 Å². The second-order valence-corrected chi connectivity index (χ2v) is 6.77. The minimum Gasteiger partial charge on any atom is -0.450 e. The summed E-state index contributed by atoms with van der Waals surface area (Å²) in [5.41, 5.74) is 0.955. The number of nitrogens with one attached hydrogen (secondary N) is 1. The maximum absolute atomic E-state index is 10.8. The van der Waals surface area contributed by atoms with E-state index in [2.05, 4.69) is 26.0 Å². The van der Waals surface area contributed by atoms with E-state index in [1.807, 2.05) is 30.3 Å². The van der Waals surface area contributed by atoms with Gasteiger partial charge in [0.05, 0.1) is 4.90 Å². The van der Waals surface area contributed by atoms with Gasteiger partial charge in [-0.2, -0.15) is 0 Å². The molecular weight excluding hydrogens is 400 g/mol. The summed E-state index contributed by atoms with van der Waals surface area (Å²) in [5.74, 6) is 0. The molecule has 0 amide bonds. The molecule has 0 bridgehead atoms. The zero-order chi connectivity index (χ0) is 18.0. The third kappa shape index (κ3) is 7.95. The number of anilines is 1. The van der Waals surface area contributed by atoms with Crippen LogP contribution in [-0.2, 0) is 14.8 Å². The molecule has 2 aromatic carbocycles. The molecule has 9 heteroatoms. The first-order chi connectivity index (χ1) is 11.3. The van der Waals surface area contributed by atoms with E-state index in [0.29, 0.717) is 11.0 Å². The smallest absolute Gasteiger partial charge is 0.450 e. The number of ether oxygens (including phenoxy) is 1. The lowest BCUT2D eigenvalue weighted by molar-refractivity contribution is 0.0953. The van der Waals surface area contributed by atoms with Crippen molar-refractivity contribution in [2.75, 3.05) is 18.5 Å². The molecule has 0 saturated heterocycles. The number of primary sulfonamides is 1. The molecule has 0 aliphatic rings. The average Bonchev–Trinajstić information content (AvgIpc) is 2.52. The van der Waals surface area contributed by atoms with Crippen molar-refractivity contribution >= 4 is 37.8 Å². The van der Waals surface area contributed by atoms with Crippen LogP contribution in [-0.4, -0.2) is 32.8 Å². The molecule has 0 atom stereocenters. The summed E-state index contributed by atoms with van der Waals surface area (Å²) in [5, 5.41) is 16.1. The van der Waals surface area contributed by atoms with E-state index in [1.54, 1.807) is 18.2 Å². The Morgan fingerprint density at radius 2 is 1.71 bits per heavy atom. The van der Waals surface area contributed by atoms with Crippen LogP contribution >= 0.6 is 15.9 Å². The Kier molecular flexibility index (Phi) is 8.24. The van der Waals surface area contributed by atoms with Crippen molar-refractivity contribution in [2.45, 2.75) is 4.90 Å². The fourth-order valence-electron chi connectivity index (χ4n) is 1.57. The van der Waals surface area contributed by atoms with Gasteiger partial charge in [-0.25, -0.2) is 18.4 Å². The predicted molar refractivity (Wildman–Crippen MR) is 94.4 cm³/mol. The van der Waals surface area contributed by atoms with Crippen LogP contribution in [0.2, 0.25) is 0 Å². The van der Waals surface area contributed by atoms with Gasteiger partial charge in [-0.3, -0.25) is 0 Å². The highest BCUT2D eigenvalue weighted by molar-refractivity contribution is 9.10. The molecule has 0 heterocycles. The first-order valence-electron chi connectivity index (χ1n) is 6.72. The number of para-hydroxylation sites is 1. The van der Waals surface area contributed by atoms with Crippen LogP contribution in [0.25, 0.3) is 0 Å². The van der Waals surface area contributed by atoms with Crippen molar-refractivity contribution in [3.63, 3.8) is 0 Å². The molecule has 0 fully saturated rings. The van der Waals surface area contributed by atoms with Crippen LogP contribution in [0.5, 0.6) is 0 Å². The minimum absolute atomic E-state index is 0.111. The highest BCUT2D eigenvalue weighted by Gasteiger charge is 2.09. The molecule has 2 rings (SSSR count). The van der Waals surface area contributed by atoms with E-state index in [4.69, 9.17) is 10.2 Å². The van der Waals surface area contributed by atoms with Crippen LogP contribution in [0.4, 0.5) is 10.5 Å². The third-order valence-electron chi connectivity index (χ3n) is 2.57. The molecule has 0 radical (unpaired) electrons. The Morgan fingerprint density at radius 1 is 1.12 bits per heavy atom. The Balaban J connectivity index is 0.000000243. The second kappa shape index (κ2) is 9.91. The maximum atomic E-state index is 10.8. The van der Waals surface area contributed by atoms with Crippen molar-refractivity contribution in [3.05, 3.63) is 59.1 Å². The van der Waals surface area contributed by atoms with Crippen LogP contribution in [0.1, 0.15) is 0 Å². The SMILES string of the molecule is NS(=O)(=O)c1ccccc1Br.O=C(O)OCCNc1ccccc1. The lowest BCUT2D eigenvalue weighted by Crippen LogP contribution is -2.12. The van der Waals surface area contributed by atoms with Gasteiger partial charge in [-0.15, -0.1) is 0 Å². The summed E-state index contributed by atoms with van der Waals surface area (Å²) in [4.78, 5) is 10.1. The normalized spacial score (nSPS) is 10.2. The molecular formula is C15H17BrN2O5S. The molecule has 0 spiro atoms. The number of rotatable bonds is 5. The van der Waals surface area contributed by atoms with Gasteiger partial charge in [-0.05, 0) is 40.2 Å². The van der Waals surface area contributed by atoms with E-state index in [-0.39, 0.29) is 11.5 Å². The summed E-state index contributed by atoms with van der Waals surface area (Å²) in [6.45, 7) is 0.639. The number of nitrogens with two attached hydrogens (primary N) is 1. The number of benzene rings is 2. The predicted octanol–water partition coefficient (Wildman–Crippen LogP) is 2.89. The fraction of sp³-hybridized carbons (Fsp3) is 0.133. The molecule has 0 aromatic heterocycles. The maximum Gasteiger partial charge on any atom is 0.505 e. The first-order valence-corrected chi connectivity index (χ1v) is 9.06. The number of carboxylic acid groups (broad SMARTS) is 1. The second-order valence-electron chi connectivity index (χ2n) is 4.38. The number of hydrogen-bond acceptors (Lipinski definition) is 5. The number of sulfonamides is 1. The van der Waals surface area contributed by atoms with Crippen molar-refractivity contribution < 1.29 is 23.1 Å². The molecule has 0 aliphatic carbocycles. The quantitative estimate of drug-likeness (QED) is 0.509.